The van der Waals surface area contributed by atoms with Crippen LogP contribution in [0.25, 0.3) is 0 Å². The fraction of sp³-hybridized carbons (Fsp3) is 0.800. The summed E-state index contributed by atoms with van der Waals surface area (Å²) in [5, 5.41) is 13.6. The summed E-state index contributed by atoms with van der Waals surface area (Å²) in [5.74, 6) is -0.952. The zero-order valence-corrected chi connectivity index (χ0v) is 10.4. The molecule has 0 aliphatic carbocycles. The molecule has 2 unspecified atom stereocenters. The average molecular weight is 248 g/mol. The summed E-state index contributed by atoms with van der Waals surface area (Å²) in [6.07, 6.45) is -0.334. The van der Waals surface area contributed by atoms with Crippen molar-refractivity contribution >= 4 is 12.0 Å². The second-order valence-electron chi connectivity index (χ2n) is 3.67. The number of nitrogens with one attached hydrogen (secondary N) is 2. The van der Waals surface area contributed by atoms with Crippen LogP contribution in [0.1, 0.15) is 13.3 Å². The highest BCUT2D eigenvalue weighted by molar-refractivity contribution is 5.75. The largest absolute Gasteiger partial charge is 0.481 e. The zero-order chi connectivity index (χ0) is 13.3. The second kappa shape index (κ2) is 8.77. The Labute approximate surface area is 100 Å². The maximum atomic E-state index is 11.3. The quantitative estimate of drug-likeness (QED) is 0.553. The SMILES string of the molecule is COCC(CNC(=O)NC(C)CC(=O)O)OC. The van der Waals surface area contributed by atoms with Gasteiger partial charge in [0.25, 0.3) is 0 Å². The number of urea groups is 1. The number of amides is 2. The van der Waals surface area contributed by atoms with E-state index in [4.69, 9.17) is 14.6 Å². The molecule has 7 nitrogen and oxygen atoms in total. The van der Waals surface area contributed by atoms with Crippen LogP contribution in [0.4, 0.5) is 4.79 Å². The molecule has 0 aromatic carbocycles. The third-order valence-electron chi connectivity index (χ3n) is 2.03. The van der Waals surface area contributed by atoms with E-state index in [2.05, 4.69) is 10.6 Å². The number of rotatable bonds is 8. The summed E-state index contributed by atoms with van der Waals surface area (Å²) in [6, 6.07) is -0.840. The highest BCUT2D eigenvalue weighted by Crippen LogP contribution is 1.91. The predicted molar refractivity (Wildman–Crippen MR) is 60.9 cm³/mol. The van der Waals surface area contributed by atoms with Gasteiger partial charge in [-0.2, -0.15) is 0 Å². The topological polar surface area (TPSA) is 96.9 Å². The van der Waals surface area contributed by atoms with Gasteiger partial charge in [0.2, 0.25) is 0 Å². The van der Waals surface area contributed by atoms with E-state index in [0.29, 0.717) is 13.2 Å². The Balaban J connectivity index is 3.81. The number of ether oxygens (including phenoxy) is 2. The summed E-state index contributed by atoms with van der Waals surface area (Å²) < 4.78 is 9.94. The molecule has 0 rings (SSSR count). The molecule has 0 fully saturated rings. The van der Waals surface area contributed by atoms with Crippen molar-refractivity contribution in [1.29, 1.82) is 0 Å². The van der Waals surface area contributed by atoms with Crippen molar-refractivity contribution in [3.8, 4) is 0 Å². The molecule has 0 aliphatic heterocycles. The van der Waals surface area contributed by atoms with Crippen molar-refractivity contribution in [2.24, 2.45) is 0 Å². The van der Waals surface area contributed by atoms with Crippen molar-refractivity contribution < 1.29 is 24.2 Å². The van der Waals surface area contributed by atoms with Crippen molar-refractivity contribution in [1.82, 2.24) is 10.6 Å². The van der Waals surface area contributed by atoms with Crippen LogP contribution in [0.5, 0.6) is 0 Å². The molecule has 0 aromatic rings. The summed E-state index contributed by atoms with van der Waals surface area (Å²) in [6.45, 7) is 2.30. The van der Waals surface area contributed by atoms with E-state index in [-0.39, 0.29) is 12.5 Å². The standard InChI is InChI=1S/C10H20N2O5/c1-7(4-9(13)14)12-10(15)11-5-8(17-3)6-16-2/h7-8H,4-6H2,1-3H3,(H,13,14)(H2,11,12,15). The Morgan fingerprint density at radius 2 is 2.00 bits per heavy atom. The normalized spacial score (nSPS) is 13.8. The average Bonchev–Trinajstić information content (AvgIpc) is 2.22. The molecule has 0 saturated heterocycles. The predicted octanol–water partition coefficient (Wildman–Crippen LogP) is -0.190. The van der Waals surface area contributed by atoms with E-state index < -0.39 is 18.0 Å². The van der Waals surface area contributed by atoms with Crippen LogP contribution in [-0.4, -0.2) is 56.6 Å². The molecule has 0 aliphatic rings. The second-order valence-corrected chi connectivity index (χ2v) is 3.67. The first-order chi connectivity index (χ1) is 7.99. The number of carboxylic acids is 1. The van der Waals surface area contributed by atoms with Crippen LogP contribution in [0, 0.1) is 0 Å². The zero-order valence-electron chi connectivity index (χ0n) is 10.4. The lowest BCUT2D eigenvalue weighted by Gasteiger charge is -2.17. The lowest BCUT2D eigenvalue weighted by atomic mass is 10.2. The Kier molecular flexibility index (Phi) is 8.08. The third kappa shape index (κ3) is 8.47. The van der Waals surface area contributed by atoms with Gasteiger partial charge >= 0.3 is 12.0 Å². The molecule has 17 heavy (non-hydrogen) atoms. The number of methoxy groups -OCH3 is 2. The monoisotopic (exact) mass is 248 g/mol. The van der Waals surface area contributed by atoms with Crippen molar-refractivity contribution in [3.05, 3.63) is 0 Å². The molecular weight excluding hydrogens is 228 g/mol. The van der Waals surface area contributed by atoms with E-state index >= 15 is 0 Å². The van der Waals surface area contributed by atoms with Gasteiger partial charge in [-0.15, -0.1) is 0 Å². The van der Waals surface area contributed by atoms with Gasteiger partial charge in [-0.1, -0.05) is 0 Å². The minimum Gasteiger partial charge on any atom is -0.481 e. The van der Waals surface area contributed by atoms with E-state index in [1.807, 2.05) is 0 Å². The van der Waals surface area contributed by atoms with Gasteiger partial charge in [-0.05, 0) is 6.92 Å². The van der Waals surface area contributed by atoms with Gasteiger partial charge in [0.15, 0.2) is 0 Å². The first-order valence-corrected chi connectivity index (χ1v) is 5.27. The highest BCUT2D eigenvalue weighted by Gasteiger charge is 2.12. The first-order valence-electron chi connectivity index (χ1n) is 5.27. The van der Waals surface area contributed by atoms with Crippen LogP contribution in [0.2, 0.25) is 0 Å². The maximum Gasteiger partial charge on any atom is 0.315 e. The molecule has 3 N–H and O–H groups in total. The first kappa shape index (κ1) is 15.7. The fourth-order valence-electron chi connectivity index (χ4n) is 1.19. The Bertz CT molecular complexity index is 247. The Morgan fingerprint density at radius 1 is 1.35 bits per heavy atom. The number of carbonyl (C=O) groups excluding carboxylic acids is 1. The molecule has 2 atom stereocenters. The smallest absolute Gasteiger partial charge is 0.315 e. The summed E-state index contributed by atoms with van der Waals surface area (Å²) in [4.78, 5) is 21.7. The van der Waals surface area contributed by atoms with Crippen LogP contribution < -0.4 is 10.6 Å². The highest BCUT2D eigenvalue weighted by atomic mass is 16.5. The molecule has 0 heterocycles. The number of hydrogen-bond donors (Lipinski definition) is 3. The molecule has 0 radical (unpaired) electrons. The molecule has 0 spiro atoms. The van der Waals surface area contributed by atoms with E-state index in [1.165, 1.54) is 7.11 Å². The van der Waals surface area contributed by atoms with Crippen molar-refractivity contribution in [3.63, 3.8) is 0 Å². The van der Waals surface area contributed by atoms with Crippen molar-refractivity contribution in [2.45, 2.75) is 25.5 Å². The minimum atomic E-state index is -0.952. The van der Waals surface area contributed by atoms with E-state index in [9.17, 15) is 9.59 Å². The van der Waals surface area contributed by atoms with Gasteiger partial charge in [-0.25, -0.2) is 4.79 Å². The van der Waals surface area contributed by atoms with Crippen LogP contribution in [-0.2, 0) is 14.3 Å². The lowest BCUT2D eigenvalue weighted by Crippen LogP contribution is -2.45. The Hall–Kier alpha value is -1.34. The number of hydrogen-bond acceptors (Lipinski definition) is 4. The summed E-state index contributed by atoms with van der Waals surface area (Å²) >= 11 is 0. The van der Waals surface area contributed by atoms with Crippen LogP contribution >= 0.6 is 0 Å². The molecule has 2 amide bonds. The number of aliphatic carboxylic acids is 1. The van der Waals surface area contributed by atoms with Gasteiger partial charge in [-0.3, -0.25) is 4.79 Å². The van der Waals surface area contributed by atoms with E-state index in [1.54, 1.807) is 14.0 Å². The summed E-state index contributed by atoms with van der Waals surface area (Å²) in [7, 11) is 3.07. The third-order valence-corrected chi connectivity index (χ3v) is 2.03. The Morgan fingerprint density at radius 3 is 2.47 bits per heavy atom. The molecule has 0 aromatic heterocycles. The van der Waals surface area contributed by atoms with Gasteiger partial charge in [0.05, 0.1) is 19.1 Å². The minimum absolute atomic E-state index is 0.112. The number of carboxylic acid groups (broad SMARTS) is 1. The van der Waals surface area contributed by atoms with E-state index in [0.717, 1.165) is 0 Å². The summed E-state index contributed by atoms with van der Waals surface area (Å²) in [5.41, 5.74) is 0. The van der Waals surface area contributed by atoms with Crippen molar-refractivity contribution in [2.75, 3.05) is 27.4 Å². The fourth-order valence-corrected chi connectivity index (χ4v) is 1.19. The molecule has 100 valence electrons. The molecule has 7 heteroatoms. The molecule has 0 bridgehead atoms. The van der Waals surface area contributed by atoms with Gasteiger partial charge in [0.1, 0.15) is 0 Å². The lowest BCUT2D eigenvalue weighted by molar-refractivity contribution is -0.137. The van der Waals surface area contributed by atoms with Crippen LogP contribution in [0.3, 0.4) is 0 Å². The molecule has 0 saturated carbocycles. The van der Waals surface area contributed by atoms with Gasteiger partial charge in [0, 0.05) is 26.8 Å². The van der Waals surface area contributed by atoms with Crippen LogP contribution in [0.15, 0.2) is 0 Å². The molecular formula is C10H20N2O5. The maximum absolute atomic E-state index is 11.3. The number of carbonyl (C=O) groups is 2. The van der Waals surface area contributed by atoms with Gasteiger partial charge < -0.3 is 25.2 Å².